The Labute approximate surface area is 130 Å². The molecule has 0 aliphatic carbocycles. The van der Waals surface area contributed by atoms with E-state index in [2.05, 4.69) is 32.9 Å². The summed E-state index contributed by atoms with van der Waals surface area (Å²) in [6.07, 6.45) is 0. The van der Waals surface area contributed by atoms with Gasteiger partial charge >= 0.3 is 0 Å². The zero-order chi connectivity index (χ0) is 12.4. The third-order valence-corrected chi connectivity index (χ3v) is 3.14. The van der Waals surface area contributed by atoms with Gasteiger partial charge in [-0.05, 0) is 5.56 Å². The number of aromatic nitrogens is 2. The molecule has 1 fully saturated rings. The van der Waals surface area contributed by atoms with Crippen molar-refractivity contribution in [2.45, 2.75) is 13.0 Å². The molecule has 3 rings (SSSR count). The Morgan fingerprint density at radius 1 is 1.15 bits per heavy atom. The first-order valence-corrected chi connectivity index (χ1v) is 6.18. The molecule has 1 aromatic heterocycles. The van der Waals surface area contributed by atoms with E-state index in [1.54, 1.807) is 6.92 Å². The molecule has 1 aromatic carbocycles. The molecule has 1 aliphatic heterocycles. The fourth-order valence-electron chi connectivity index (χ4n) is 2.17. The number of nitrogens with zero attached hydrogens (tertiary/aromatic N) is 2. The second-order valence-corrected chi connectivity index (χ2v) is 4.47. The van der Waals surface area contributed by atoms with Crippen molar-refractivity contribution in [2.75, 3.05) is 19.6 Å². The fraction of sp³-hybridized carbons (Fsp3) is 0.385. The van der Waals surface area contributed by atoms with Crippen LogP contribution in [0, 0.1) is 6.92 Å². The highest BCUT2D eigenvalue weighted by molar-refractivity contribution is 5.85. The van der Waals surface area contributed by atoms with E-state index in [4.69, 9.17) is 4.52 Å². The standard InChI is InChI=1S/C13H16N4O.2ClH/c1-9-16-13(17-18-9)11-4-2-10(3-5-11)12-8-14-6-7-15-12;;/h2-5,12,14-15H,6-8H2,1H3;2*1H/t12-;;/m1../s1. The predicted octanol–water partition coefficient (Wildman–Crippen LogP) is 2.12. The Hall–Kier alpha value is -1.14. The second-order valence-electron chi connectivity index (χ2n) is 4.47. The topological polar surface area (TPSA) is 63.0 Å². The predicted molar refractivity (Wildman–Crippen MR) is 82.6 cm³/mol. The summed E-state index contributed by atoms with van der Waals surface area (Å²) in [5.41, 5.74) is 2.27. The zero-order valence-electron chi connectivity index (χ0n) is 11.1. The van der Waals surface area contributed by atoms with Crippen LogP contribution in [-0.2, 0) is 0 Å². The number of hydrogen-bond donors (Lipinski definition) is 2. The Balaban J connectivity index is 0.000001000. The summed E-state index contributed by atoms with van der Waals surface area (Å²) in [7, 11) is 0. The van der Waals surface area contributed by atoms with Crippen LogP contribution >= 0.6 is 24.8 Å². The molecular formula is C13H18Cl2N4O. The minimum absolute atomic E-state index is 0. The Bertz CT molecular complexity index is 523. The molecule has 2 N–H and O–H groups in total. The molecule has 1 aliphatic rings. The Morgan fingerprint density at radius 3 is 2.45 bits per heavy atom. The largest absolute Gasteiger partial charge is 0.339 e. The minimum Gasteiger partial charge on any atom is -0.339 e. The van der Waals surface area contributed by atoms with Gasteiger partial charge in [0.15, 0.2) is 0 Å². The normalized spacial score (nSPS) is 17.9. The van der Waals surface area contributed by atoms with E-state index in [0.717, 1.165) is 25.2 Å². The van der Waals surface area contributed by atoms with Crippen molar-refractivity contribution in [1.29, 1.82) is 0 Å². The van der Waals surface area contributed by atoms with Crippen LogP contribution in [0.1, 0.15) is 17.5 Å². The highest BCUT2D eigenvalue weighted by Gasteiger charge is 2.14. The van der Waals surface area contributed by atoms with Crippen LogP contribution in [0.15, 0.2) is 28.8 Å². The van der Waals surface area contributed by atoms with Gasteiger partial charge in [-0.15, -0.1) is 24.8 Å². The van der Waals surface area contributed by atoms with Crippen molar-refractivity contribution >= 4 is 24.8 Å². The van der Waals surface area contributed by atoms with Gasteiger partial charge < -0.3 is 15.2 Å². The average Bonchev–Trinajstić information content (AvgIpc) is 2.87. The average molecular weight is 317 g/mol. The highest BCUT2D eigenvalue weighted by atomic mass is 35.5. The van der Waals surface area contributed by atoms with E-state index in [-0.39, 0.29) is 24.8 Å². The van der Waals surface area contributed by atoms with Crippen LogP contribution in [0.25, 0.3) is 11.4 Å². The molecule has 7 heteroatoms. The molecule has 0 bridgehead atoms. The minimum atomic E-state index is 0. The third kappa shape index (κ3) is 3.70. The number of aryl methyl sites for hydroxylation is 1. The second kappa shape index (κ2) is 7.59. The van der Waals surface area contributed by atoms with Crippen LogP contribution in [0.3, 0.4) is 0 Å². The molecule has 1 saturated heterocycles. The van der Waals surface area contributed by atoms with Crippen LogP contribution in [0.5, 0.6) is 0 Å². The highest BCUT2D eigenvalue weighted by Crippen LogP contribution is 2.20. The van der Waals surface area contributed by atoms with Crippen molar-refractivity contribution in [3.05, 3.63) is 35.7 Å². The molecule has 0 radical (unpaired) electrons. The summed E-state index contributed by atoms with van der Waals surface area (Å²) in [6.45, 7) is 4.82. The van der Waals surface area contributed by atoms with Gasteiger partial charge in [-0.25, -0.2) is 0 Å². The molecular weight excluding hydrogens is 299 g/mol. The van der Waals surface area contributed by atoms with Crippen molar-refractivity contribution in [3.63, 3.8) is 0 Å². The zero-order valence-corrected chi connectivity index (χ0v) is 12.8. The lowest BCUT2D eigenvalue weighted by atomic mass is 10.0. The van der Waals surface area contributed by atoms with E-state index in [1.165, 1.54) is 5.56 Å². The third-order valence-electron chi connectivity index (χ3n) is 3.14. The fourth-order valence-corrected chi connectivity index (χ4v) is 2.17. The van der Waals surface area contributed by atoms with Crippen molar-refractivity contribution in [3.8, 4) is 11.4 Å². The molecule has 0 unspecified atom stereocenters. The van der Waals surface area contributed by atoms with Gasteiger partial charge in [-0.3, -0.25) is 0 Å². The number of piperazine rings is 1. The molecule has 1 atom stereocenters. The number of hydrogen-bond acceptors (Lipinski definition) is 5. The molecule has 2 aromatic rings. The maximum Gasteiger partial charge on any atom is 0.223 e. The van der Waals surface area contributed by atoms with Crippen LogP contribution in [-0.4, -0.2) is 29.8 Å². The van der Waals surface area contributed by atoms with Crippen LogP contribution in [0.2, 0.25) is 0 Å². The number of rotatable bonds is 2. The summed E-state index contributed by atoms with van der Waals surface area (Å²) >= 11 is 0. The van der Waals surface area contributed by atoms with Gasteiger partial charge in [-0.1, -0.05) is 29.4 Å². The lowest BCUT2D eigenvalue weighted by Crippen LogP contribution is -2.42. The maximum atomic E-state index is 4.98. The van der Waals surface area contributed by atoms with Gasteiger partial charge in [0.1, 0.15) is 0 Å². The lowest BCUT2D eigenvalue weighted by molar-refractivity contribution is 0.394. The van der Waals surface area contributed by atoms with E-state index < -0.39 is 0 Å². The first kappa shape index (κ1) is 16.9. The molecule has 2 heterocycles. The van der Waals surface area contributed by atoms with E-state index >= 15 is 0 Å². The first-order valence-electron chi connectivity index (χ1n) is 6.18. The Morgan fingerprint density at radius 2 is 1.90 bits per heavy atom. The Kier molecular flexibility index (Phi) is 6.42. The van der Waals surface area contributed by atoms with Gasteiger partial charge in [0.25, 0.3) is 0 Å². The first-order chi connectivity index (χ1) is 8.83. The number of nitrogens with one attached hydrogen (secondary N) is 2. The number of benzene rings is 1. The summed E-state index contributed by atoms with van der Waals surface area (Å²) in [6, 6.07) is 8.70. The monoisotopic (exact) mass is 316 g/mol. The summed E-state index contributed by atoms with van der Waals surface area (Å²) in [4.78, 5) is 4.22. The van der Waals surface area contributed by atoms with Gasteiger partial charge in [0.2, 0.25) is 11.7 Å². The molecule has 20 heavy (non-hydrogen) atoms. The van der Waals surface area contributed by atoms with E-state index in [0.29, 0.717) is 17.8 Å². The smallest absolute Gasteiger partial charge is 0.223 e. The van der Waals surface area contributed by atoms with Crippen molar-refractivity contribution < 1.29 is 4.52 Å². The summed E-state index contributed by atoms with van der Waals surface area (Å²) in [5, 5.41) is 10.8. The molecule has 110 valence electrons. The van der Waals surface area contributed by atoms with Gasteiger partial charge in [0, 0.05) is 38.2 Å². The quantitative estimate of drug-likeness (QED) is 0.888. The van der Waals surface area contributed by atoms with Crippen LogP contribution < -0.4 is 10.6 Å². The van der Waals surface area contributed by atoms with Gasteiger partial charge in [0.05, 0.1) is 0 Å². The SMILES string of the molecule is Cc1nc(-c2ccc([C@H]3CNCCN3)cc2)no1.Cl.Cl. The molecule has 0 spiro atoms. The van der Waals surface area contributed by atoms with Crippen molar-refractivity contribution in [1.82, 2.24) is 20.8 Å². The summed E-state index contributed by atoms with van der Waals surface area (Å²) < 4.78 is 4.98. The maximum absolute atomic E-state index is 4.98. The summed E-state index contributed by atoms with van der Waals surface area (Å²) in [5.74, 6) is 1.24. The van der Waals surface area contributed by atoms with Crippen LogP contribution in [0.4, 0.5) is 0 Å². The number of halogens is 2. The molecule has 0 amide bonds. The van der Waals surface area contributed by atoms with Gasteiger partial charge in [-0.2, -0.15) is 4.98 Å². The molecule has 5 nitrogen and oxygen atoms in total. The molecule has 0 saturated carbocycles. The lowest BCUT2D eigenvalue weighted by Gasteiger charge is -2.24. The van der Waals surface area contributed by atoms with E-state index in [1.807, 2.05) is 12.1 Å². The van der Waals surface area contributed by atoms with E-state index in [9.17, 15) is 0 Å². The van der Waals surface area contributed by atoms with Crippen molar-refractivity contribution in [2.24, 2.45) is 0 Å².